The van der Waals surface area contributed by atoms with Crippen molar-refractivity contribution in [1.82, 2.24) is 10.3 Å². The van der Waals surface area contributed by atoms with Gasteiger partial charge in [0.2, 0.25) is 0 Å². The third kappa shape index (κ3) is 4.37. The molecule has 2 N–H and O–H groups in total. The van der Waals surface area contributed by atoms with Gasteiger partial charge in [0.05, 0.1) is 6.61 Å². The summed E-state index contributed by atoms with van der Waals surface area (Å²) >= 11 is 0. The number of aliphatic carboxylic acids is 1. The Kier molecular flexibility index (Phi) is 5.45. The molecule has 0 aromatic carbocycles. The van der Waals surface area contributed by atoms with E-state index in [1.165, 1.54) is 7.11 Å². The van der Waals surface area contributed by atoms with Gasteiger partial charge in [0, 0.05) is 26.0 Å². The number of hydrogen-bond donors (Lipinski definition) is 2. The number of nitrogens with one attached hydrogen (secondary N) is 1. The molecule has 1 rings (SSSR count). The van der Waals surface area contributed by atoms with E-state index in [1.807, 2.05) is 12.1 Å². The molecule has 88 valence electrons. The van der Waals surface area contributed by atoms with Crippen molar-refractivity contribution in [3.8, 4) is 0 Å². The summed E-state index contributed by atoms with van der Waals surface area (Å²) in [6, 6.07) is 3.17. The van der Waals surface area contributed by atoms with E-state index in [0.29, 0.717) is 6.54 Å². The van der Waals surface area contributed by atoms with Crippen molar-refractivity contribution in [2.24, 2.45) is 0 Å². The summed E-state index contributed by atoms with van der Waals surface area (Å²) in [6.07, 6.45) is 4.23. The largest absolute Gasteiger partial charge is 0.480 e. The summed E-state index contributed by atoms with van der Waals surface area (Å²) in [5.41, 5.74) is 1.08. The molecule has 1 aromatic heterocycles. The Balaban J connectivity index is 2.31. The second-order valence-electron chi connectivity index (χ2n) is 3.41. The van der Waals surface area contributed by atoms with Crippen LogP contribution in [0.5, 0.6) is 0 Å². The highest BCUT2D eigenvalue weighted by Gasteiger charge is 2.15. The molecule has 16 heavy (non-hydrogen) atoms. The highest BCUT2D eigenvalue weighted by Crippen LogP contribution is 1.96. The first-order valence-electron chi connectivity index (χ1n) is 5.08. The second kappa shape index (κ2) is 6.92. The Morgan fingerprint density at radius 2 is 2.50 bits per heavy atom. The van der Waals surface area contributed by atoms with Crippen LogP contribution in [-0.4, -0.2) is 42.4 Å². The van der Waals surface area contributed by atoms with Crippen molar-refractivity contribution in [2.75, 3.05) is 20.3 Å². The maximum atomic E-state index is 10.8. The van der Waals surface area contributed by atoms with Crippen molar-refractivity contribution >= 4 is 5.97 Å². The second-order valence-corrected chi connectivity index (χ2v) is 3.41. The summed E-state index contributed by atoms with van der Waals surface area (Å²) < 4.78 is 4.81. The molecule has 0 aliphatic carbocycles. The fraction of sp³-hybridized carbons (Fsp3) is 0.455. The van der Waals surface area contributed by atoms with E-state index in [-0.39, 0.29) is 6.61 Å². The highest BCUT2D eigenvalue weighted by atomic mass is 16.5. The van der Waals surface area contributed by atoms with Gasteiger partial charge >= 0.3 is 5.97 Å². The fourth-order valence-electron chi connectivity index (χ4n) is 1.32. The van der Waals surface area contributed by atoms with Crippen molar-refractivity contribution in [3.63, 3.8) is 0 Å². The lowest BCUT2D eigenvalue weighted by atomic mass is 10.2. The average Bonchev–Trinajstić information content (AvgIpc) is 2.29. The minimum absolute atomic E-state index is 0.169. The fourth-order valence-corrected chi connectivity index (χ4v) is 1.32. The number of methoxy groups -OCH3 is 1. The lowest BCUT2D eigenvalue weighted by Gasteiger charge is -2.12. The van der Waals surface area contributed by atoms with Crippen LogP contribution in [0.15, 0.2) is 24.5 Å². The molecule has 5 heteroatoms. The first-order valence-corrected chi connectivity index (χ1v) is 5.08. The molecule has 1 atom stereocenters. The van der Waals surface area contributed by atoms with Gasteiger partial charge in [0.15, 0.2) is 0 Å². The van der Waals surface area contributed by atoms with E-state index >= 15 is 0 Å². The zero-order valence-electron chi connectivity index (χ0n) is 9.22. The number of hydrogen-bond acceptors (Lipinski definition) is 4. The van der Waals surface area contributed by atoms with E-state index in [9.17, 15) is 4.79 Å². The van der Waals surface area contributed by atoms with Crippen molar-refractivity contribution < 1.29 is 14.6 Å². The minimum Gasteiger partial charge on any atom is -0.480 e. The van der Waals surface area contributed by atoms with Crippen molar-refractivity contribution in [2.45, 2.75) is 12.5 Å². The number of carboxylic acids is 1. The first-order chi connectivity index (χ1) is 7.74. The van der Waals surface area contributed by atoms with E-state index in [2.05, 4.69) is 10.3 Å². The van der Waals surface area contributed by atoms with E-state index in [0.717, 1.165) is 12.0 Å². The summed E-state index contributed by atoms with van der Waals surface area (Å²) in [7, 11) is 1.48. The van der Waals surface area contributed by atoms with E-state index in [4.69, 9.17) is 9.84 Å². The van der Waals surface area contributed by atoms with Crippen LogP contribution in [0.2, 0.25) is 0 Å². The Bertz CT molecular complexity index is 316. The standard InChI is InChI=1S/C11H16N2O3/c1-16-8-10(11(14)15)13-6-4-9-3-2-5-12-7-9/h2-3,5,7,10,13H,4,6,8H2,1H3,(H,14,15). The van der Waals surface area contributed by atoms with E-state index in [1.54, 1.807) is 12.4 Å². The number of rotatable bonds is 7. The Morgan fingerprint density at radius 1 is 1.69 bits per heavy atom. The predicted octanol–water partition coefficient (Wildman–Crippen LogP) is 0.313. The Morgan fingerprint density at radius 3 is 3.06 bits per heavy atom. The molecule has 0 fully saturated rings. The molecule has 5 nitrogen and oxygen atoms in total. The molecular weight excluding hydrogens is 208 g/mol. The van der Waals surface area contributed by atoms with Gasteiger partial charge in [-0.25, -0.2) is 0 Å². The number of nitrogens with zero attached hydrogens (tertiary/aromatic N) is 1. The maximum Gasteiger partial charge on any atom is 0.323 e. The lowest BCUT2D eigenvalue weighted by molar-refractivity contribution is -0.140. The van der Waals surface area contributed by atoms with Crippen LogP contribution in [0, 0.1) is 0 Å². The zero-order valence-corrected chi connectivity index (χ0v) is 9.22. The molecule has 1 unspecified atom stereocenters. The van der Waals surface area contributed by atoms with Gasteiger partial charge in [-0.05, 0) is 18.1 Å². The van der Waals surface area contributed by atoms with Crippen molar-refractivity contribution in [3.05, 3.63) is 30.1 Å². The van der Waals surface area contributed by atoms with Crippen LogP contribution in [0.3, 0.4) is 0 Å². The number of ether oxygens (including phenoxy) is 1. The van der Waals surface area contributed by atoms with Crippen LogP contribution in [0.25, 0.3) is 0 Å². The molecule has 1 aromatic rings. The molecule has 1 heterocycles. The third-order valence-corrected chi connectivity index (χ3v) is 2.16. The number of carbonyl (C=O) groups is 1. The van der Waals surface area contributed by atoms with Gasteiger partial charge in [0.25, 0.3) is 0 Å². The minimum atomic E-state index is -0.895. The lowest BCUT2D eigenvalue weighted by Crippen LogP contribution is -2.41. The molecule has 0 aliphatic rings. The highest BCUT2D eigenvalue weighted by molar-refractivity contribution is 5.73. The topological polar surface area (TPSA) is 71.5 Å². The van der Waals surface area contributed by atoms with Crippen LogP contribution in [-0.2, 0) is 16.0 Å². The number of aromatic nitrogens is 1. The Hall–Kier alpha value is -1.46. The molecule has 0 amide bonds. The summed E-state index contributed by atoms with van der Waals surface area (Å²) in [5.74, 6) is -0.895. The molecule has 0 radical (unpaired) electrons. The van der Waals surface area contributed by atoms with Gasteiger partial charge in [-0.3, -0.25) is 9.78 Å². The maximum absolute atomic E-state index is 10.8. The third-order valence-electron chi connectivity index (χ3n) is 2.16. The SMILES string of the molecule is COCC(NCCc1cccnc1)C(=O)O. The molecular formula is C11H16N2O3. The summed E-state index contributed by atoms with van der Waals surface area (Å²) in [5, 5.41) is 11.8. The van der Waals surface area contributed by atoms with Crippen LogP contribution in [0.1, 0.15) is 5.56 Å². The van der Waals surface area contributed by atoms with Crippen LogP contribution < -0.4 is 5.32 Å². The average molecular weight is 224 g/mol. The van der Waals surface area contributed by atoms with Crippen LogP contribution >= 0.6 is 0 Å². The predicted molar refractivity (Wildman–Crippen MR) is 59.2 cm³/mol. The van der Waals surface area contributed by atoms with Crippen molar-refractivity contribution in [1.29, 1.82) is 0 Å². The van der Waals surface area contributed by atoms with E-state index < -0.39 is 12.0 Å². The number of carboxylic acid groups (broad SMARTS) is 1. The van der Waals surface area contributed by atoms with Gasteiger partial charge in [-0.15, -0.1) is 0 Å². The molecule has 0 aliphatic heterocycles. The smallest absolute Gasteiger partial charge is 0.323 e. The first kappa shape index (κ1) is 12.6. The zero-order chi connectivity index (χ0) is 11.8. The summed E-state index contributed by atoms with van der Waals surface area (Å²) in [4.78, 5) is 14.8. The van der Waals surface area contributed by atoms with Gasteiger partial charge in [-0.1, -0.05) is 6.07 Å². The van der Waals surface area contributed by atoms with Crippen LogP contribution in [0.4, 0.5) is 0 Å². The normalized spacial score (nSPS) is 12.3. The molecule has 0 bridgehead atoms. The molecule has 0 saturated carbocycles. The van der Waals surface area contributed by atoms with Gasteiger partial charge in [0.1, 0.15) is 6.04 Å². The Labute approximate surface area is 94.5 Å². The monoisotopic (exact) mass is 224 g/mol. The van der Waals surface area contributed by atoms with Gasteiger partial charge in [-0.2, -0.15) is 0 Å². The van der Waals surface area contributed by atoms with Gasteiger partial charge < -0.3 is 15.2 Å². The number of pyridine rings is 1. The molecule has 0 saturated heterocycles. The quantitative estimate of drug-likeness (QED) is 0.697. The summed E-state index contributed by atoms with van der Waals surface area (Å²) in [6.45, 7) is 0.758. The molecule has 0 spiro atoms.